The Labute approximate surface area is 139 Å². The highest BCUT2D eigenvalue weighted by Gasteiger charge is 2.05. The maximum absolute atomic E-state index is 12.8. The van der Waals surface area contributed by atoms with E-state index in [2.05, 4.69) is 16.5 Å². The topological polar surface area (TPSA) is 79.9 Å². The van der Waals surface area contributed by atoms with Crippen LogP contribution in [0.5, 0.6) is 5.75 Å². The molecular weight excluding hydrogens is 311 g/mol. The van der Waals surface area contributed by atoms with Crippen LogP contribution in [0.15, 0.2) is 36.7 Å². The number of carbonyl (C=O) groups is 1. The van der Waals surface area contributed by atoms with Crippen LogP contribution in [-0.2, 0) is 11.3 Å². The molecule has 1 heterocycles. The molecule has 1 aromatic carbocycles. The van der Waals surface area contributed by atoms with E-state index in [9.17, 15) is 9.18 Å². The lowest BCUT2D eigenvalue weighted by Crippen LogP contribution is -2.14. The minimum atomic E-state index is -0.329. The Morgan fingerprint density at radius 2 is 2.12 bits per heavy atom. The molecule has 2 aromatic rings. The standard InChI is InChI=1S/C17H19FN4O2/c18-14-4-6-16(7-5-14)24-11-8-17(23)21-15-12-20-22(13-15)10-3-1-2-9-19/h4-7,12-13H,1-3,8,10-11H2,(H,21,23). The molecule has 0 unspecified atom stereocenters. The van der Waals surface area contributed by atoms with Gasteiger partial charge in [0.1, 0.15) is 11.6 Å². The summed E-state index contributed by atoms with van der Waals surface area (Å²) in [5.74, 6) is 0.0141. The van der Waals surface area contributed by atoms with Gasteiger partial charge in [-0.2, -0.15) is 10.4 Å². The van der Waals surface area contributed by atoms with Gasteiger partial charge in [-0.3, -0.25) is 9.48 Å². The van der Waals surface area contributed by atoms with Crippen LogP contribution >= 0.6 is 0 Å². The first-order valence-electron chi connectivity index (χ1n) is 7.75. The largest absolute Gasteiger partial charge is 0.493 e. The number of nitriles is 1. The number of rotatable bonds is 9. The monoisotopic (exact) mass is 330 g/mol. The third kappa shape index (κ3) is 6.08. The Kier molecular flexibility index (Phi) is 6.77. The first-order chi connectivity index (χ1) is 11.7. The van der Waals surface area contributed by atoms with Crippen molar-refractivity contribution in [1.29, 1.82) is 5.26 Å². The number of carbonyl (C=O) groups excluding carboxylic acids is 1. The summed E-state index contributed by atoms with van der Waals surface area (Å²) < 4.78 is 19.9. The van der Waals surface area contributed by atoms with Crippen LogP contribution in [-0.4, -0.2) is 22.3 Å². The van der Waals surface area contributed by atoms with Crippen LogP contribution < -0.4 is 10.1 Å². The average Bonchev–Trinajstić information content (AvgIpc) is 3.01. The normalized spacial score (nSPS) is 10.2. The summed E-state index contributed by atoms with van der Waals surface area (Å²) in [6.07, 6.45) is 5.77. The number of hydrogen-bond donors (Lipinski definition) is 1. The van der Waals surface area contributed by atoms with Gasteiger partial charge in [-0.25, -0.2) is 4.39 Å². The molecule has 0 aliphatic carbocycles. The minimum absolute atomic E-state index is 0.179. The lowest BCUT2D eigenvalue weighted by atomic mass is 10.2. The van der Waals surface area contributed by atoms with Crippen LogP contribution in [0.2, 0.25) is 0 Å². The lowest BCUT2D eigenvalue weighted by Gasteiger charge is -2.06. The van der Waals surface area contributed by atoms with Gasteiger partial charge in [-0.1, -0.05) is 0 Å². The number of nitrogens with one attached hydrogen (secondary N) is 1. The molecule has 0 saturated carbocycles. The predicted molar refractivity (Wildman–Crippen MR) is 86.8 cm³/mol. The molecule has 7 heteroatoms. The number of benzene rings is 1. The fourth-order valence-corrected chi connectivity index (χ4v) is 2.04. The third-order valence-electron chi connectivity index (χ3n) is 3.25. The molecule has 0 spiro atoms. The van der Waals surface area contributed by atoms with E-state index in [1.54, 1.807) is 17.1 Å². The molecule has 24 heavy (non-hydrogen) atoms. The number of ether oxygens (including phenoxy) is 1. The van der Waals surface area contributed by atoms with Crippen LogP contribution in [0.3, 0.4) is 0 Å². The molecule has 1 aromatic heterocycles. The summed E-state index contributed by atoms with van der Waals surface area (Å²) >= 11 is 0. The Morgan fingerprint density at radius 3 is 2.88 bits per heavy atom. The fraction of sp³-hybridized carbons (Fsp3) is 0.353. The summed E-state index contributed by atoms with van der Waals surface area (Å²) in [5, 5.41) is 15.4. The highest BCUT2D eigenvalue weighted by molar-refractivity contribution is 5.90. The minimum Gasteiger partial charge on any atom is -0.493 e. The van der Waals surface area contributed by atoms with Crippen molar-refractivity contribution in [3.05, 3.63) is 42.5 Å². The molecule has 126 valence electrons. The molecule has 0 aliphatic rings. The number of halogens is 1. The number of aryl methyl sites for hydroxylation is 1. The van der Waals surface area contributed by atoms with Crippen molar-refractivity contribution in [2.45, 2.75) is 32.2 Å². The Bertz CT molecular complexity index is 691. The summed E-state index contributed by atoms with van der Waals surface area (Å²) in [6.45, 7) is 0.922. The zero-order valence-electron chi connectivity index (χ0n) is 13.2. The molecule has 6 nitrogen and oxygen atoms in total. The van der Waals surface area contributed by atoms with Crippen molar-refractivity contribution >= 4 is 11.6 Å². The zero-order chi connectivity index (χ0) is 17.2. The van der Waals surface area contributed by atoms with Crippen molar-refractivity contribution in [3.8, 4) is 11.8 Å². The number of amides is 1. The van der Waals surface area contributed by atoms with Crippen molar-refractivity contribution in [1.82, 2.24) is 9.78 Å². The molecule has 0 radical (unpaired) electrons. The van der Waals surface area contributed by atoms with Gasteiger partial charge in [-0.05, 0) is 37.1 Å². The summed E-state index contributed by atoms with van der Waals surface area (Å²) in [4.78, 5) is 11.8. The third-order valence-corrected chi connectivity index (χ3v) is 3.25. The maximum atomic E-state index is 12.8. The molecule has 0 bridgehead atoms. The molecule has 1 N–H and O–H groups in total. The van der Waals surface area contributed by atoms with Gasteiger partial charge < -0.3 is 10.1 Å². The van der Waals surface area contributed by atoms with Crippen molar-refractivity contribution in [2.24, 2.45) is 0 Å². The van der Waals surface area contributed by atoms with E-state index in [1.807, 2.05) is 0 Å². The highest BCUT2D eigenvalue weighted by atomic mass is 19.1. The molecule has 0 aliphatic heterocycles. The molecule has 2 rings (SSSR count). The van der Waals surface area contributed by atoms with E-state index < -0.39 is 0 Å². The smallest absolute Gasteiger partial charge is 0.227 e. The molecule has 0 atom stereocenters. The average molecular weight is 330 g/mol. The summed E-state index contributed by atoms with van der Waals surface area (Å²) in [5.41, 5.74) is 0.627. The van der Waals surface area contributed by atoms with Crippen LogP contribution in [0, 0.1) is 17.1 Å². The second kappa shape index (κ2) is 9.30. The highest BCUT2D eigenvalue weighted by Crippen LogP contribution is 2.12. The van der Waals surface area contributed by atoms with E-state index >= 15 is 0 Å². The lowest BCUT2D eigenvalue weighted by molar-refractivity contribution is -0.116. The van der Waals surface area contributed by atoms with E-state index in [0.717, 1.165) is 12.8 Å². The number of unbranched alkanes of at least 4 members (excludes halogenated alkanes) is 2. The van der Waals surface area contributed by atoms with Crippen LogP contribution in [0.4, 0.5) is 10.1 Å². The van der Waals surface area contributed by atoms with Gasteiger partial charge in [0.15, 0.2) is 0 Å². The molecular formula is C17H19FN4O2. The Morgan fingerprint density at radius 1 is 1.33 bits per heavy atom. The number of aromatic nitrogens is 2. The van der Waals surface area contributed by atoms with E-state index in [0.29, 0.717) is 24.4 Å². The zero-order valence-corrected chi connectivity index (χ0v) is 13.2. The fourth-order valence-electron chi connectivity index (χ4n) is 2.04. The Hall–Kier alpha value is -2.88. The number of anilines is 1. The molecule has 0 fully saturated rings. The second-order valence-corrected chi connectivity index (χ2v) is 5.21. The van der Waals surface area contributed by atoms with Gasteiger partial charge in [0, 0.05) is 19.2 Å². The van der Waals surface area contributed by atoms with E-state index in [-0.39, 0.29) is 24.8 Å². The van der Waals surface area contributed by atoms with Crippen LogP contribution in [0.25, 0.3) is 0 Å². The number of hydrogen-bond acceptors (Lipinski definition) is 4. The first kappa shape index (κ1) is 17.5. The van der Waals surface area contributed by atoms with Gasteiger partial charge in [-0.15, -0.1) is 0 Å². The van der Waals surface area contributed by atoms with Crippen molar-refractivity contribution in [3.63, 3.8) is 0 Å². The van der Waals surface area contributed by atoms with E-state index in [1.165, 1.54) is 24.3 Å². The summed E-state index contributed by atoms with van der Waals surface area (Å²) in [7, 11) is 0. The van der Waals surface area contributed by atoms with E-state index in [4.69, 9.17) is 10.00 Å². The van der Waals surface area contributed by atoms with Gasteiger partial charge in [0.05, 0.1) is 31.0 Å². The van der Waals surface area contributed by atoms with Crippen molar-refractivity contribution < 1.29 is 13.9 Å². The molecule has 1 amide bonds. The first-order valence-corrected chi connectivity index (χ1v) is 7.75. The SMILES string of the molecule is N#CCCCCn1cc(NC(=O)CCOc2ccc(F)cc2)cn1. The van der Waals surface area contributed by atoms with Gasteiger partial charge in [0.2, 0.25) is 5.91 Å². The van der Waals surface area contributed by atoms with Gasteiger partial charge in [0.25, 0.3) is 0 Å². The van der Waals surface area contributed by atoms with Crippen molar-refractivity contribution in [2.75, 3.05) is 11.9 Å². The Balaban J connectivity index is 1.67. The second-order valence-electron chi connectivity index (χ2n) is 5.21. The quantitative estimate of drug-likeness (QED) is 0.716. The number of nitrogens with zero attached hydrogens (tertiary/aromatic N) is 3. The van der Waals surface area contributed by atoms with Gasteiger partial charge >= 0.3 is 0 Å². The van der Waals surface area contributed by atoms with Crippen LogP contribution in [0.1, 0.15) is 25.7 Å². The summed E-state index contributed by atoms with van der Waals surface area (Å²) in [6, 6.07) is 7.75. The maximum Gasteiger partial charge on any atom is 0.227 e. The molecule has 0 saturated heterocycles. The predicted octanol–water partition coefficient (Wildman–Crippen LogP) is 3.12.